The molecular weight excluding hydrogens is 323 g/mol. The number of benzene rings is 2. The Hall–Kier alpha value is -2.96. The largest absolute Gasteiger partial charge is 0.484 e. The number of amides is 1. The molecule has 24 heavy (non-hydrogen) atoms. The average molecular weight is 335 g/mol. The van der Waals surface area contributed by atoms with Gasteiger partial charge in [0.2, 0.25) is 0 Å². The zero-order valence-electron chi connectivity index (χ0n) is 12.3. The number of carbonyl (C=O) groups excluding carboxylic acids is 1. The molecule has 1 N–H and O–H groups in total. The van der Waals surface area contributed by atoms with Crippen LogP contribution in [0.5, 0.6) is 5.75 Å². The fraction of sp³-hybridized carbons (Fsp3) is 0.118. The van der Waals surface area contributed by atoms with Gasteiger partial charge >= 0.3 is 6.18 Å². The number of hydrogen-bond acceptors (Lipinski definition) is 3. The highest BCUT2D eigenvalue weighted by Crippen LogP contribution is 2.22. The Morgan fingerprint density at radius 3 is 2.46 bits per heavy atom. The SMILES string of the molecule is O=C(Nc1ccc(OCC(F)(F)F)cc1)c1cc2ccccc2o1. The molecule has 0 atom stereocenters. The molecule has 0 saturated heterocycles. The second kappa shape index (κ2) is 6.27. The number of furan rings is 1. The summed E-state index contributed by atoms with van der Waals surface area (Å²) in [5, 5.41) is 3.41. The van der Waals surface area contributed by atoms with Gasteiger partial charge in [0.1, 0.15) is 11.3 Å². The van der Waals surface area contributed by atoms with Gasteiger partial charge in [-0.3, -0.25) is 4.79 Å². The van der Waals surface area contributed by atoms with E-state index < -0.39 is 18.7 Å². The summed E-state index contributed by atoms with van der Waals surface area (Å²) in [4.78, 5) is 12.1. The van der Waals surface area contributed by atoms with Crippen LogP contribution in [0.3, 0.4) is 0 Å². The monoisotopic (exact) mass is 335 g/mol. The van der Waals surface area contributed by atoms with Gasteiger partial charge in [-0.15, -0.1) is 0 Å². The van der Waals surface area contributed by atoms with Crippen LogP contribution < -0.4 is 10.1 Å². The molecule has 1 heterocycles. The zero-order valence-corrected chi connectivity index (χ0v) is 12.3. The number of nitrogens with one attached hydrogen (secondary N) is 1. The second-order valence-electron chi connectivity index (χ2n) is 5.03. The molecule has 0 saturated carbocycles. The van der Waals surface area contributed by atoms with Crippen LogP contribution in [0.25, 0.3) is 11.0 Å². The summed E-state index contributed by atoms with van der Waals surface area (Å²) in [6.45, 7) is -1.36. The molecule has 4 nitrogen and oxygen atoms in total. The highest BCUT2D eigenvalue weighted by Gasteiger charge is 2.28. The molecule has 0 aliphatic heterocycles. The van der Waals surface area contributed by atoms with Crippen LogP contribution in [0.1, 0.15) is 10.6 Å². The molecule has 1 amide bonds. The van der Waals surface area contributed by atoms with Crippen molar-refractivity contribution in [1.29, 1.82) is 0 Å². The van der Waals surface area contributed by atoms with Gasteiger partial charge in [0.25, 0.3) is 5.91 Å². The fourth-order valence-electron chi connectivity index (χ4n) is 2.09. The van der Waals surface area contributed by atoms with Crippen molar-refractivity contribution >= 4 is 22.6 Å². The van der Waals surface area contributed by atoms with Crippen molar-refractivity contribution in [3.05, 3.63) is 60.4 Å². The first-order valence-corrected chi connectivity index (χ1v) is 7.00. The molecule has 0 bridgehead atoms. The van der Waals surface area contributed by atoms with Gasteiger partial charge < -0.3 is 14.5 Å². The first kappa shape index (κ1) is 15.9. The maximum absolute atomic E-state index is 12.1. The quantitative estimate of drug-likeness (QED) is 0.756. The third kappa shape index (κ3) is 3.87. The van der Waals surface area contributed by atoms with E-state index in [9.17, 15) is 18.0 Å². The first-order valence-electron chi connectivity index (χ1n) is 7.00. The summed E-state index contributed by atoms with van der Waals surface area (Å²) in [7, 11) is 0. The molecule has 2 aromatic carbocycles. The summed E-state index contributed by atoms with van der Waals surface area (Å²) in [5.74, 6) is -0.238. The number of anilines is 1. The number of fused-ring (bicyclic) bond motifs is 1. The third-order valence-electron chi connectivity index (χ3n) is 3.16. The van der Waals surface area contributed by atoms with Crippen molar-refractivity contribution in [2.75, 3.05) is 11.9 Å². The average Bonchev–Trinajstić information content (AvgIpc) is 2.98. The van der Waals surface area contributed by atoms with E-state index in [0.717, 1.165) is 5.39 Å². The smallest absolute Gasteiger partial charge is 0.422 e. The standard InChI is InChI=1S/C17H12F3NO3/c18-17(19,20)10-23-13-7-5-12(6-8-13)21-16(22)15-9-11-3-1-2-4-14(11)24-15/h1-9H,10H2,(H,21,22). The third-order valence-corrected chi connectivity index (χ3v) is 3.16. The highest BCUT2D eigenvalue weighted by molar-refractivity contribution is 6.04. The first-order chi connectivity index (χ1) is 11.4. The van der Waals surface area contributed by atoms with E-state index >= 15 is 0 Å². The van der Waals surface area contributed by atoms with Crippen molar-refractivity contribution in [1.82, 2.24) is 0 Å². The van der Waals surface area contributed by atoms with E-state index in [1.165, 1.54) is 24.3 Å². The number of halogens is 3. The van der Waals surface area contributed by atoms with Gasteiger partial charge in [-0.2, -0.15) is 13.2 Å². The van der Waals surface area contributed by atoms with Gasteiger partial charge in [0.05, 0.1) is 0 Å². The molecule has 0 aliphatic carbocycles. The van der Waals surface area contributed by atoms with Gasteiger partial charge in [-0.05, 0) is 36.4 Å². The molecular formula is C17H12F3NO3. The van der Waals surface area contributed by atoms with Crippen LogP contribution in [0.15, 0.2) is 59.0 Å². The molecule has 0 fully saturated rings. The fourth-order valence-corrected chi connectivity index (χ4v) is 2.09. The lowest BCUT2D eigenvalue weighted by Crippen LogP contribution is -2.19. The normalized spacial score (nSPS) is 11.5. The number of ether oxygens (including phenoxy) is 1. The van der Waals surface area contributed by atoms with Crippen LogP contribution in [-0.4, -0.2) is 18.7 Å². The van der Waals surface area contributed by atoms with E-state index in [1.807, 2.05) is 12.1 Å². The Balaban J connectivity index is 1.66. The number of carbonyl (C=O) groups is 1. The van der Waals surface area contributed by atoms with Gasteiger partial charge in [-0.1, -0.05) is 18.2 Å². The summed E-state index contributed by atoms with van der Waals surface area (Å²) >= 11 is 0. The van der Waals surface area contributed by atoms with E-state index in [1.54, 1.807) is 18.2 Å². The van der Waals surface area contributed by atoms with Gasteiger partial charge in [0.15, 0.2) is 12.4 Å². The van der Waals surface area contributed by atoms with E-state index in [4.69, 9.17) is 4.42 Å². The van der Waals surface area contributed by atoms with E-state index in [-0.39, 0.29) is 11.5 Å². The molecule has 7 heteroatoms. The Bertz CT molecular complexity index is 820. The van der Waals surface area contributed by atoms with Crippen LogP contribution in [0.4, 0.5) is 18.9 Å². The van der Waals surface area contributed by atoms with Gasteiger partial charge in [0, 0.05) is 11.1 Å². The molecule has 0 aliphatic rings. The van der Waals surface area contributed by atoms with Crippen molar-refractivity contribution in [2.24, 2.45) is 0 Å². The lowest BCUT2D eigenvalue weighted by Gasteiger charge is -2.09. The van der Waals surface area contributed by atoms with Crippen LogP contribution in [-0.2, 0) is 0 Å². The maximum Gasteiger partial charge on any atom is 0.422 e. The van der Waals surface area contributed by atoms with Crippen LogP contribution in [0.2, 0.25) is 0 Å². The Morgan fingerprint density at radius 1 is 1.08 bits per heavy atom. The lowest BCUT2D eigenvalue weighted by atomic mass is 10.2. The second-order valence-corrected chi connectivity index (χ2v) is 5.03. The predicted molar refractivity (Wildman–Crippen MR) is 82.2 cm³/mol. The van der Waals surface area contributed by atoms with E-state index in [2.05, 4.69) is 10.1 Å². The minimum atomic E-state index is -4.39. The van der Waals surface area contributed by atoms with Crippen molar-refractivity contribution in [3.8, 4) is 5.75 Å². The summed E-state index contributed by atoms with van der Waals surface area (Å²) < 4.78 is 46.3. The summed E-state index contributed by atoms with van der Waals surface area (Å²) in [6.07, 6.45) is -4.39. The highest BCUT2D eigenvalue weighted by atomic mass is 19.4. The number of hydrogen-bond donors (Lipinski definition) is 1. The molecule has 1 aromatic heterocycles. The molecule has 0 unspecified atom stereocenters. The minimum absolute atomic E-state index is 0.0639. The Morgan fingerprint density at radius 2 is 1.79 bits per heavy atom. The maximum atomic E-state index is 12.1. The van der Waals surface area contributed by atoms with Crippen LogP contribution in [0, 0.1) is 0 Å². The molecule has 0 spiro atoms. The Kier molecular flexibility index (Phi) is 4.16. The molecule has 0 radical (unpaired) electrons. The Labute approximate surface area is 134 Å². The number of para-hydroxylation sites is 1. The van der Waals surface area contributed by atoms with E-state index in [0.29, 0.717) is 11.3 Å². The minimum Gasteiger partial charge on any atom is -0.484 e. The summed E-state index contributed by atoms with van der Waals surface area (Å²) in [6, 6.07) is 14.4. The van der Waals surface area contributed by atoms with Crippen molar-refractivity contribution in [3.63, 3.8) is 0 Å². The topological polar surface area (TPSA) is 51.5 Å². The zero-order chi connectivity index (χ0) is 17.2. The van der Waals surface area contributed by atoms with Crippen LogP contribution >= 0.6 is 0 Å². The van der Waals surface area contributed by atoms with Crippen molar-refractivity contribution < 1.29 is 27.1 Å². The lowest BCUT2D eigenvalue weighted by molar-refractivity contribution is -0.153. The number of alkyl halides is 3. The molecule has 3 aromatic rings. The van der Waals surface area contributed by atoms with Gasteiger partial charge in [-0.25, -0.2) is 0 Å². The molecule has 124 valence electrons. The van der Waals surface area contributed by atoms with Crippen molar-refractivity contribution in [2.45, 2.75) is 6.18 Å². The predicted octanol–water partition coefficient (Wildman–Crippen LogP) is 4.63. The molecule has 3 rings (SSSR count). The number of rotatable bonds is 4. The summed E-state index contributed by atoms with van der Waals surface area (Å²) in [5.41, 5.74) is 1.01.